The van der Waals surface area contributed by atoms with Gasteiger partial charge in [-0.1, -0.05) is 61.6 Å². The molecule has 0 aliphatic carbocycles. The number of ketones is 1. The highest BCUT2D eigenvalue weighted by Crippen LogP contribution is 2.46. The third kappa shape index (κ3) is 5.29. The quantitative estimate of drug-likeness (QED) is 0.136. The number of amides is 1. The van der Waals surface area contributed by atoms with E-state index < -0.39 is 23.5 Å². The van der Waals surface area contributed by atoms with Gasteiger partial charge in [0.2, 0.25) is 0 Å². The molecule has 9 heteroatoms. The predicted molar refractivity (Wildman–Crippen MR) is 153 cm³/mol. The maximum atomic E-state index is 13.9. The first-order valence-electron chi connectivity index (χ1n) is 13.1. The lowest BCUT2D eigenvalue weighted by molar-refractivity contribution is -0.132. The fraction of sp³-hybridized carbons (Fsp3) is 0.258. The molecule has 0 bridgehead atoms. The number of hydrogen-bond donors (Lipinski definition) is 1. The summed E-state index contributed by atoms with van der Waals surface area (Å²) in [5.41, 5.74) is 1.35. The molecule has 0 spiro atoms. The van der Waals surface area contributed by atoms with Gasteiger partial charge in [-0.15, -0.1) is 0 Å². The van der Waals surface area contributed by atoms with Crippen molar-refractivity contribution in [3.05, 3.63) is 89.2 Å². The van der Waals surface area contributed by atoms with E-state index in [1.165, 1.54) is 23.1 Å². The Balaban J connectivity index is 1.66. The number of carbonyl (C=O) groups excluding carboxylic acids is 2. The summed E-state index contributed by atoms with van der Waals surface area (Å²) in [4.78, 5) is 32.8. The standard InChI is InChI=1S/C31H29FN2O5S/c1-4-38-24-16-20(10-13-23(24)39-15-14-18(2)3)27-26(28(35)19-8-6-5-7-9-19)29(36)30(37)34(27)31-33-22-12-11-21(32)17-25(22)40-31/h5-13,16-18,27,35H,4,14-15H2,1-3H3. The van der Waals surface area contributed by atoms with Crippen LogP contribution in [0.5, 0.6) is 11.5 Å². The fourth-order valence-electron chi connectivity index (χ4n) is 4.57. The molecule has 5 rings (SSSR count). The van der Waals surface area contributed by atoms with E-state index in [9.17, 15) is 19.1 Å². The van der Waals surface area contributed by atoms with Crippen LogP contribution in [0.4, 0.5) is 9.52 Å². The normalized spacial score (nSPS) is 16.7. The molecule has 1 fully saturated rings. The Hall–Kier alpha value is -4.24. The highest BCUT2D eigenvalue weighted by molar-refractivity contribution is 7.22. The number of aliphatic hydroxyl groups excluding tert-OH is 1. The topological polar surface area (TPSA) is 89.0 Å². The van der Waals surface area contributed by atoms with E-state index in [0.717, 1.165) is 17.8 Å². The smallest absolute Gasteiger partial charge is 0.301 e. The Morgan fingerprint density at radius 3 is 2.55 bits per heavy atom. The number of hydrogen-bond acceptors (Lipinski definition) is 7. The Morgan fingerprint density at radius 2 is 1.82 bits per heavy atom. The lowest BCUT2D eigenvalue weighted by Gasteiger charge is -2.24. The van der Waals surface area contributed by atoms with Crippen molar-refractivity contribution < 1.29 is 28.6 Å². The molecule has 2 heterocycles. The van der Waals surface area contributed by atoms with E-state index in [1.807, 2.05) is 6.92 Å². The van der Waals surface area contributed by atoms with E-state index in [2.05, 4.69) is 18.8 Å². The summed E-state index contributed by atoms with van der Waals surface area (Å²) in [6, 6.07) is 17.0. The molecule has 1 N–H and O–H groups in total. The number of ether oxygens (including phenoxy) is 2. The van der Waals surface area contributed by atoms with Crippen molar-refractivity contribution in [3.63, 3.8) is 0 Å². The van der Waals surface area contributed by atoms with Gasteiger partial charge in [-0.05, 0) is 55.2 Å². The molecular weight excluding hydrogens is 531 g/mol. The van der Waals surface area contributed by atoms with Crippen molar-refractivity contribution in [2.75, 3.05) is 18.1 Å². The van der Waals surface area contributed by atoms with Gasteiger partial charge in [0.25, 0.3) is 5.78 Å². The van der Waals surface area contributed by atoms with Crippen LogP contribution in [0.1, 0.15) is 44.4 Å². The van der Waals surface area contributed by atoms with Gasteiger partial charge in [-0.2, -0.15) is 0 Å². The average Bonchev–Trinajstić information content (AvgIpc) is 3.47. The summed E-state index contributed by atoms with van der Waals surface area (Å²) < 4.78 is 26.3. The number of Topliss-reactive ketones (excluding diaryl/α,β-unsaturated/α-hetero) is 1. The van der Waals surface area contributed by atoms with Crippen LogP contribution in [0.25, 0.3) is 16.0 Å². The molecular formula is C31H29FN2O5S. The van der Waals surface area contributed by atoms with Crippen molar-refractivity contribution in [2.24, 2.45) is 5.92 Å². The molecule has 1 aliphatic heterocycles. The summed E-state index contributed by atoms with van der Waals surface area (Å²) in [5, 5.41) is 11.6. The molecule has 1 unspecified atom stereocenters. The van der Waals surface area contributed by atoms with Gasteiger partial charge in [0, 0.05) is 5.56 Å². The van der Waals surface area contributed by atoms with E-state index in [0.29, 0.717) is 52.0 Å². The van der Waals surface area contributed by atoms with Gasteiger partial charge in [-0.3, -0.25) is 14.5 Å². The number of rotatable bonds is 9. The average molecular weight is 561 g/mol. The van der Waals surface area contributed by atoms with Crippen LogP contribution >= 0.6 is 11.3 Å². The van der Waals surface area contributed by atoms with Crippen molar-refractivity contribution in [1.29, 1.82) is 0 Å². The number of benzene rings is 3. The van der Waals surface area contributed by atoms with Crippen LogP contribution in [-0.4, -0.2) is 35.0 Å². The number of nitrogens with zero attached hydrogens (tertiary/aromatic N) is 2. The SMILES string of the molecule is CCOc1cc(C2C(=C(O)c3ccccc3)C(=O)C(=O)N2c2nc3ccc(F)cc3s2)ccc1OCCC(C)C. The minimum Gasteiger partial charge on any atom is -0.507 e. The Bertz CT molecular complexity index is 1600. The zero-order valence-corrected chi connectivity index (χ0v) is 23.2. The number of thiazole rings is 1. The lowest BCUT2D eigenvalue weighted by atomic mass is 9.95. The van der Waals surface area contributed by atoms with Crippen molar-refractivity contribution in [2.45, 2.75) is 33.2 Å². The fourth-order valence-corrected chi connectivity index (χ4v) is 5.59. The first-order chi connectivity index (χ1) is 19.3. The van der Waals surface area contributed by atoms with Crippen LogP contribution < -0.4 is 14.4 Å². The molecule has 40 heavy (non-hydrogen) atoms. The molecule has 0 radical (unpaired) electrons. The molecule has 7 nitrogen and oxygen atoms in total. The molecule has 3 aromatic carbocycles. The summed E-state index contributed by atoms with van der Waals surface area (Å²) in [6.45, 7) is 6.96. The third-order valence-corrected chi connectivity index (χ3v) is 7.59. The summed E-state index contributed by atoms with van der Waals surface area (Å²) in [6.07, 6.45) is 0.864. The van der Waals surface area contributed by atoms with Crippen LogP contribution in [0.15, 0.2) is 72.3 Å². The molecule has 0 saturated carbocycles. The first-order valence-corrected chi connectivity index (χ1v) is 13.9. The summed E-state index contributed by atoms with van der Waals surface area (Å²) >= 11 is 1.10. The number of anilines is 1. The van der Waals surface area contributed by atoms with E-state index in [-0.39, 0.29) is 16.5 Å². The number of aliphatic hydroxyl groups is 1. The minimum absolute atomic E-state index is 0.0717. The zero-order chi connectivity index (χ0) is 28.4. The highest BCUT2D eigenvalue weighted by Gasteiger charge is 2.48. The van der Waals surface area contributed by atoms with Crippen molar-refractivity contribution in [1.82, 2.24) is 4.98 Å². The molecule has 1 aromatic heterocycles. The summed E-state index contributed by atoms with van der Waals surface area (Å²) in [7, 11) is 0. The van der Waals surface area contributed by atoms with Gasteiger partial charge in [0.1, 0.15) is 11.6 Å². The number of aromatic nitrogens is 1. The van der Waals surface area contributed by atoms with Crippen LogP contribution in [0.3, 0.4) is 0 Å². The Labute approximate surface area is 235 Å². The maximum absolute atomic E-state index is 13.9. The van der Waals surface area contributed by atoms with Gasteiger partial charge < -0.3 is 14.6 Å². The largest absolute Gasteiger partial charge is 0.507 e. The predicted octanol–water partition coefficient (Wildman–Crippen LogP) is 6.89. The van der Waals surface area contributed by atoms with Gasteiger partial charge in [0.05, 0.1) is 35.0 Å². The Morgan fingerprint density at radius 1 is 1.05 bits per heavy atom. The second-order valence-electron chi connectivity index (χ2n) is 9.81. The van der Waals surface area contributed by atoms with Gasteiger partial charge >= 0.3 is 5.91 Å². The molecule has 1 atom stereocenters. The third-order valence-electron chi connectivity index (χ3n) is 6.57. The number of carbonyl (C=O) groups is 2. The Kier molecular flexibility index (Phi) is 7.84. The van der Waals surface area contributed by atoms with Crippen LogP contribution in [-0.2, 0) is 9.59 Å². The molecule has 4 aromatic rings. The van der Waals surface area contributed by atoms with E-state index in [4.69, 9.17) is 9.47 Å². The first kappa shape index (κ1) is 27.3. The molecule has 1 saturated heterocycles. The molecule has 1 amide bonds. The molecule has 1 aliphatic rings. The summed E-state index contributed by atoms with van der Waals surface area (Å²) in [5.74, 6) is -0.935. The number of halogens is 1. The second-order valence-corrected chi connectivity index (χ2v) is 10.8. The number of fused-ring (bicyclic) bond motifs is 1. The van der Waals surface area contributed by atoms with E-state index in [1.54, 1.807) is 48.5 Å². The lowest BCUT2D eigenvalue weighted by Crippen LogP contribution is -2.29. The van der Waals surface area contributed by atoms with Crippen LogP contribution in [0.2, 0.25) is 0 Å². The van der Waals surface area contributed by atoms with Crippen LogP contribution in [0, 0.1) is 11.7 Å². The molecule has 206 valence electrons. The van der Waals surface area contributed by atoms with Gasteiger partial charge in [0.15, 0.2) is 16.6 Å². The maximum Gasteiger partial charge on any atom is 0.301 e. The van der Waals surface area contributed by atoms with E-state index >= 15 is 0 Å². The van der Waals surface area contributed by atoms with Gasteiger partial charge in [-0.25, -0.2) is 9.37 Å². The van der Waals surface area contributed by atoms with Crippen molar-refractivity contribution in [3.8, 4) is 11.5 Å². The monoisotopic (exact) mass is 560 g/mol. The minimum atomic E-state index is -1.01. The highest BCUT2D eigenvalue weighted by atomic mass is 32.1. The zero-order valence-electron chi connectivity index (χ0n) is 22.4. The van der Waals surface area contributed by atoms with Crippen molar-refractivity contribution >= 4 is 44.1 Å². The second kappa shape index (κ2) is 11.5.